The number of nitrogens with one attached hydrogen (secondary N) is 1. The van der Waals surface area contributed by atoms with Gasteiger partial charge in [-0.1, -0.05) is 6.42 Å². The van der Waals surface area contributed by atoms with E-state index in [1.54, 1.807) is 13.0 Å². The minimum atomic E-state index is -0.243. The van der Waals surface area contributed by atoms with Gasteiger partial charge in [0, 0.05) is 6.54 Å². The Balaban J connectivity index is 2.34. The molecule has 1 aromatic rings. The summed E-state index contributed by atoms with van der Waals surface area (Å²) in [5.74, 6) is 0.977. The number of hydrogen-bond donors (Lipinski definition) is 2. The maximum absolute atomic E-state index is 13.2. The van der Waals surface area contributed by atoms with E-state index in [2.05, 4.69) is 11.6 Å². The maximum Gasteiger partial charge on any atom is 0.128 e. The van der Waals surface area contributed by atoms with Crippen molar-refractivity contribution in [2.24, 2.45) is 0 Å². The zero-order valence-corrected chi connectivity index (χ0v) is 11.4. The van der Waals surface area contributed by atoms with Gasteiger partial charge in [0.15, 0.2) is 0 Å². The van der Waals surface area contributed by atoms with E-state index >= 15 is 0 Å². The van der Waals surface area contributed by atoms with Gasteiger partial charge in [-0.15, -0.1) is 0 Å². The molecule has 0 unspecified atom stereocenters. The Morgan fingerprint density at radius 3 is 2.76 bits per heavy atom. The lowest BCUT2D eigenvalue weighted by Crippen LogP contribution is -2.05. The lowest BCUT2D eigenvalue weighted by molar-refractivity contribution is 0.619. The summed E-state index contributed by atoms with van der Waals surface area (Å²) in [5.41, 5.74) is 7.70. The average Bonchev–Trinajstić information content (AvgIpc) is 2.30. The van der Waals surface area contributed by atoms with Crippen molar-refractivity contribution in [2.75, 3.05) is 29.6 Å². The summed E-state index contributed by atoms with van der Waals surface area (Å²) in [5, 5.41) is 3.26. The fraction of sp³-hybridized carbons (Fsp3) is 0.538. The summed E-state index contributed by atoms with van der Waals surface area (Å²) in [6.07, 6.45) is 5.71. The van der Waals surface area contributed by atoms with Gasteiger partial charge in [-0.3, -0.25) is 0 Å². The Labute approximate surface area is 107 Å². The molecule has 0 heterocycles. The van der Waals surface area contributed by atoms with Gasteiger partial charge in [-0.2, -0.15) is 11.8 Å². The number of rotatable bonds is 7. The van der Waals surface area contributed by atoms with Crippen LogP contribution in [0.2, 0.25) is 0 Å². The zero-order valence-electron chi connectivity index (χ0n) is 10.6. The molecule has 17 heavy (non-hydrogen) atoms. The normalized spacial score (nSPS) is 10.5. The van der Waals surface area contributed by atoms with Crippen LogP contribution in [0, 0.1) is 12.7 Å². The van der Waals surface area contributed by atoms with E-state index in [1.165, 1.54) is 24.7 Å². The zero-order chi connectivity index (χ0) is 12.7. The Bertz CT molecular complexity index is 356. The molecule has 0 radical (unpaired) electrons. The standard InChI is InChI=1S/C13H21FN2S/c1-10-8-13(12(15)9-11(10)14)16-6-4-3-5-7-17-2/h8-9,16H,3-7,15H2,1-2H3. The van der Waals surface area contributed by atoms with Crippen LogP contribution < -0.4 is 11.1 Å². The molecule has 0 saturated carbocycles. The maximum atomic E-state index is 13.2. The molecule has 96 valence electrons. The highest BCUT2D eigenvalue weighted by atomic mass is 32.2. The molecule has 0 aromatic heterocycles. The fourth-order valence-electron chi connectivity index (χ4n) is 1.62. The first-order chi connectivity index (χ1) is 8.15. The van der Waals surface area contributed by atoms with Crippen LogP contribution in [-0.4, -0.2) is 18.6 Å². The predicted molar refractivity (Wildman–Crippen MR) is 76.3 cm³/mol. The summed E-state index contributed by atoms with van der Waals surface area (Å²) in [4.78, 5) is 0. The van der Waals surface area contributed by atoms with E-state index in [0.717, 1.165) is 18.7 Å². The number of halogens is 1. The van der Waals surface area contributed by atoms with E-state index in [0.29, 0.717) is 11.3 Å². The number of nitrogen functional groups attached to an aromatic ring is 1. The molecular weight excluding hydrogens is 235 g/mol. The molecule has 2 nitrogen and oxygen atoms in total. The van der Waals surface area contributed by atoms with E-state index < -0.39 is 0 Å². The van der Waals surface area contributed by atoms with Crippen molar-refractivity contribution < 1.29 is 4.39 Å². The molecule has 4 heteroatoms. The number of anilines is 2. The number of benzene rings is 1. The van der Waals surface area contributed by atoms with Crippen molar-refractivity contribution in [1.82, 2.24) is 0 Å². The third-order valence-electron chi connectivity index (χ3n) is 2.67. The highest BCUT2D eigenvalue weighted by Crippen LogP contribution is 2.22. The Kier molecular flexibility index (Phi) is 6.19. The second-order valence-corrected chi connectivity index (χ2v) is 5.15. The molecule has 1 aromatic carbocycles. The first kappa shape index (κ1) is 14.2. The van der Waals surface area contributed by atoms with E-state index in [1.807, 2.05) is 11.8 Å². The van der Waals surface area contributed by atoms with Gasteiger partial charge in [0.05, 0.1) is 11.4 Å². The molecule has 0 spiro atoms. The van der Waals surface area contributed by atoms with Gasteiger partial charge >= 0.3 is 0 Å². The fourth-order valence-corrected chi connectivity index (χ4v) is 2.11. The molecular formula is C13H21FN2S. The van der Waals surface area contributed by atoms with Crippen LogP contribution in [0.3, 0.4) is 0 Å². The minimum absolute atomic E-state index is 0.243. The quantitative estimate of drug-likeness (QED) is 0.577. The monoisotopic (exact) mass is 256 g/mol. The van der Waals surface area contributed by atoms with Gasteiger partial charge in [-0.25, -0.2) is 4.39 Å². The second kappa shape index (κ2) is 7.43. The molecule has 0 aliphatic carbocycles. The van der Waals surface area contributed by atoms with Gasteiger partial charge in [0.1, 0.15) is 5.82 Å². The highest BCUT2D eigenvalue weighted by molar-refractivity contribution is 7.98. The molecule has 0 fully saturated rings. The van der Waals surface area contributed by atoms with Crippen LogP contribution in [0.25, 0.3) is 0 Å². The third kappa shape index (κ3) is 4.86. The van der Waals surface area contributed by atoms with Crippen LogP contribution in [0.1, 0.15) is 24.8 Å². The SMILES string of the molecule is CSCCCCCNc1cc(C)c(F)cc1N. The molecule has 0 bridgehead atoms. The molecule has 3 N–H and O–H groups in total. The van der Waals surface area contributed by atoms with E-state index in [4.69, 9.17) is 5.73 Å². The third-order valence-corrected chi connectivity index (χ3v) is 3.37. The van der Waals surface area contributed by atoms with Crippen molar-refractivity contribution in [2.45, 2.75) is 26.2 Å². The lowest BCUT2D eigenvalue weighted by Gasteiger charge is -2.10. The largest absolute Gasteiger partial charge is 0.397 e. The van der Waals surface area contributed by atoms with Crippen LogP contribution in [0.4, 0.5) is 15.8 Å². The highest BCUT2D eigenvalue weighted by Gasteiger charge is 2.03. The average molecular weight is 256 g/mol. The van der Waals surface area contributed by atoms with E-state index in [-0.39, 0.29) is 5.82 Å². The summed E-state index contributed by atoms with van der Waals surface area (Å²) < 4.78 is 13.2. The Hall–Kier alpha value is -0.900. The topological polar surface area (TPSA) is 38.0 Å². The van der Waals surface area contributed by atoms with Crippen molar-refractivity contribution in [3.05, 3.63) is 23.5 Å². The number of aryl methyl sites for hydroxylation is 1. The summed E-state index contributed by atoms with van der Waals surface area (Å²) in [7, 11) is 0. The van der Waals surface area contributed by atoms with Crippen LogP contribution in [0.15, 0.2) is 12.1 Å². The number of nitrogens with two attached hydrogens (primary N) is 1. The van der Waals surface area contributed by atoms with Gasteiger partial charge < -0.3 is 11.1 Å². The van der Waals surface area contributed by atoms with Crippen LogP contribution in [0.5, 0.6) is 0 Å². The van der Waals surface area contributed by atoms with Crippen LogP contribution >= 0.6 is 11.8 Å². The molecule has 0 amide bonds. The first-order valence-corrected chi connectivity index (χ1v) is 7.33. The van der Waals surface area contributed by atoms with Crippen LogP contribution in [-0.2, 0) is 0 Å². The minimum Gasteiger partial charge on any atom is -0.397 e. The number of thioether (sulfide) groups is 1. The van der Waals surface area contributed by atoms with E-state index in [9.17, 15) is 4.39 Å². The second-order valence-electron chi connectivity index (χ2n) is 4.17. The van der Waals surface area contributed by atoms with Gasteiger partial charge in [-0.05, 0) is 49.5 Å². The Morgan fingerprint density at radius 1 is 1.29 bits per heavy atom. The van der Waals surface area contributed by atoms with Crippen molar-refractivity contribution in [1.29, 1.82) is 0 Å². The predicted octanol–water partition coefficient (Wildman–Crippen LogP) is 3.66. The number of hydrogen-bond acceptors (Lipinski definition) is 3. The number of unbranched alkanes of at least 4 members (excludes halogenated alkanes) is 2. The summed E-state index contributed by atoms with van der Waals surface area (Å²) in [6, 6.07) is 3.15. The van der Waals surface area contributed by atoms with Gasteiger partial charge in [0.2, 0.25) is 0 Å². The summed E-state index contributed by atoms with van der Waals surface area (Å²) in [6.45, 7) is 2.64. The Morgan fingerprint density at radius 2 is 2.06 bits per heavy atom. The molecule has 1 rings (SSSR count). The van der Waals surface area contributed by atoms with Gasteiger partial charge in [0.25, 0.3) is 0 Å². The molecule has 0 aliphatic rings. The molecule has 0 saturated heterocycles. The van der Waals surface area contributed by atoms with Crippen molar-refractivity contribution >= 4 is 23.1 Å². The van der Waals surface area contributed by atoms with Crippen molar-refractivity contribution in [3.8, 4) is 0 Å². The van der Waals surface area contributed by atoms with Crippen molar-refractivity contribution in [3.63, 3.8) is 0 Å². The molecule has 0 atom stereocenters. The first-order valence-electron chi connectivity index (χ1n) is 5.93. The summed E-state index contributed by atoms with van der Waals surface area (Å²) >= 11 is 1.88. The smallest absolute Gasteiger partial charge is 0.128 e. The molecule has 0 aliphatic heterocycles. The lowest BCUT2D eigenvalue weighted by atomic mass is 10.1.